The summed E-state index contributed by atoms with van der Waals surface area (Å²) in [5, 5.41) is 0.524. The van der Waals surface area contributed by atoms with Gasteiger partial charge in [-0.05, 0) is 18.0 Å². The molecule has 0 radical (unpaired) electrons. The Morgan fingerprint density at radius 3 is 2.13 bits per heavy atom. The monoisotopic (exact) mass is 356 g/mol. The van der Waals surface area contributed by atoms with Crippen molar-refractivity contribution in [3.8, 4) is 0 Å². The van der Waals surface area contributed by atoms with Gasteiger partial charge in [-0.25, -0.2) is 9.97 Å². The molecule has 0 N–H and O–H groups in total. The second-order valence-corrected chi connectivity index (χ2v) is 6.77. The van der Waals surface area contributed by atoms with E-state index in [-0.39, 0.29) is 5.28 Å². The Bertz CT molecular complexity index is 598. The molecule has 0 aliphatic rings. The van der Waals surface area contributed by atoms with Crippen LogP contribution in [0.3, 0.4) is 0 Å². The van der Waals surface area contributed by atoms with Crippen LogP contribution < -0.4 is 0 Å². The molecule has 23 heavy (non-hydrogen) atoms. The van der Waals surface area contributed by atoms with E-state index in [1.165, 1.54) is 57.8 Å². The van der Waals surface area contributed by atoms with E-state index in [0.717, 1.165) is 18.5 Å². The number of unbranched alkanes of at least 4 members (excludes halogenated alkanes) is 9. The number of hydrogen-bond acceptors (Lipinski definition) is 3. The van der Waals surface area contributed by atoms with E-state index in [2.05, 4.69) is 21.9 Å². The molecule has 0 aliphatic heterocycles. The molecule has 6 heteroatoms. The topological polar surface area (TPSA) is 43.6 Å². The van der Waals surface area contributed by atoms with E-state index in [0.29, 0.717) is 10.8 Å². The highest BCUT2D eigenvalue weighted by molar-refractivity contribution is 6.35. The molecule has 2 aromatic heterocycles. The first kappa shape index (κ1) is 18.5. The molecule has 128 valence electrons. The van der Waals surface area contributed by atoms with Crippen molar-refractivity contribution in [3.05, 3.63) is 16.8 Å². The lowest BCUT2D eigenvalue weighted by Gasteiger charge is -2.05. The molecule has 0 unspecified atom stereocenters. The molecule has 0 fully saturated rings. The van der Waals surface area contributed by atoms with Crippen molar-refractivity contribution >= 4 is 34.4 Å². The Hall–Kier alpha value is -0.870. The van der Waals surface area contributed by atoms with Crippen LogP contribution in [-0.2, 0) is 6.54 Å². The van der Waals surface area contributed by atoms with Crippen LogP contribution in [0.4, 0.5) is 0 Å². The predicted octanol–water partition coefficient (Wildman–Crippen LogP) is 6.05. The van der Waals surface area contributed by atoms with Crippen molar-refractivity contribution in [2.75, 3.05) is 0 Å². The predicted molar refractivity (Wildman–Crippen MR) is 97.2 cm³/mol. The van der Waals surface area contributed by atoms with E-state index in [1.54, 1.807) is 6.33 Å². The molecule has 0 spiro atoms. The van der Waals surface area contributed by atoms with Crippen molar-refractivity contribution < 1.29 is 0 Å². The van der Waals surface area contributed by atoms with Crippen molar-refractivity contribution in [3.63, 3.8) is 0 Å². The zero-order valence-corrected chi connectivity index (χ0v) is 15.4. The molecule has 0 aromatic carbocycles. The third-order valence-electron chi connectivity index (χ3n) is 4.15. The molecule has 4 nitrogen and oxygen atoms in total. The molecule has 0 saturated carbocycles. The fraction of sp³-hybridized carbons (Fsp3) is 0.706. The number of imidazole rings is 1. The standard InChI is InChI=1S/C17H26Cl2N4/c1-2-3-4-5-6-7-8-9-10-11-12-23-13-20-16-14(23)15(18)21-17(19)22-16/h13H,2-12H2,1H3. The SMILES string of the molecule is CCCCCCCCCCCCn1cnc2nc(Cl)nc(Cl)c21. The average Bonchev–Trinajstić information content (AvgIpc) is 2.92. The van der Waals surface area contributed by atoms with E-state index in [1.807, 2.05) is 4.57 Å². The van der Waals surface area contributed by atoms with E-state index in [9.17, 15) is 0 Å². The largest absolute Gasteiger partial charge is 0.327 e. The number of nitrogens with zero attached hydrogens (tertiary/aromatic N) is 4. The summed E-state index contributed by atoms with van der Waals surface area (Å²) >= 11 is 11.9. The quantitative estimate of drug-likeness (QED) is 0.279. The normalized spacial score (nSPS) is 11.4. The molecule has 0 aliphatic carbocycles. The minimum absolute atomic E-state index is 0.145. The molecule has 2 aromatic rings. The highest BCUT2D eigenvalue weighted by Crippen LogP contribution is 2.22. The summed E-state index contributed by atoms with van der Waals surface area (Å²) in [5.74, 6) is 0. The van der Waals surface area contributed by atoms with Gasteiger partial charge in [0.15, 0.2) is 10.8 Å². The third-order valence-corrected chi connectivity index (χ3v) is 4.59. The summed E-state index contributed by atoms with van der Waals surface area (Å²) in [6.07, 6.45) is 15.0. The zero-order valence-electron chi connectivity index (χ0n) is 13.9. The van der Waals surface area contributed by atoms with Crippen LogP contribution in [0.25, 0.3) is 11.2 Å². The second kappa shape index (κ2) is 10.1. The molecular weight excluding hydrogens is 331 g/mol. The van der Waals surface area contributed by atoms with Gasteiger partial charge < -0.3 is 4.57 Å². The Morgan fingerprint density at radius 2 is 1.48 bits per heavy atom. The van der Waals surface area contributed by atoms with Crippen LogP contribution in [0.1, 0.15) is 71.1 Å². The van der Waals surface area contributed by atoms with Crippen LogP contribution >= 0.6 is 23.2 Å². The Kier molecular flexibility index (Phi) is 8.10. The van der Waals surface area contributed by atoms with Gasteiger partial charge in [0.2, 0.25) is 5.28 Å². The van der Waals surface area contributed by atoms with Gasteiger partial charge >= 0.3 is 0 Å². The first-order valence-corrected chi connectivity index (χ1v) is 9.52. The van der Waals surface area contributed by atoms with Gasteiger partial charge in [0.05, 0.1) is 6.33 Å². The minimum Gasteiger partial charge on any atom is -0.327 e. The minimum atomic E-state index is 0.145. The number of aromatic nitrogens is 4. The average molecular weight is 357 g/mol. The summed E-state index contributed by atoms with van der Waals surface area (Å²) in [5.41, 5.74) is 1.36. The first-order valence-electron chi connectivity index (χ1n) is 8.76. The third kappa shape index (κ3) is 5.92. The number of halogens is 2. The molecule has 0 saturated heterocycles. The molecule has 0 atom stereocenters. The van der Waals surface area contributed by atoms with Crippen molar-refractivity contribution in [2.24, 2.45) is 0 Å². The van der Waals surface area contributed by atoms with Crippen molar-refractivity contribution in [1.82, 2.24) is 19.5 Å². The molecule has 0 bridgehead atoms. The Labute approximate surface area is 148 Å². The number of fused-ring (bicyclic) bond motifs is 1. The lowest BCUT2D eigenvalue weighted by molar-refractivity contribution is 0.538. The van der Waals surface area contributed by atoms with Crippen LogP contribution in [-0.4, -0.2) is 19.5 Å². The van der Waals surface area contributed by atoms with E-state index < -0.39 is 0 Å². The number of aryl methyl sites for hydroxylation is 1. The van der Waals surface area contributed by atoms with Crippen LogP contribution in [0.15, 0.2) is 6.33 Å². The van der Waals surface area contributed by atoms with Crippen LogP contribution in [0.2, 0.25) is 10.4 Å². The molecule has 2 rings (SSSR count). The van der Waals surface area contributed by atoms with Gasteiger partial charge in [-0.15, -0.1) is 0 Å². The van der Waals surface area contributed by atoms with E-state index in [4.69, 9.17) is 23.2 Å². The van der Waals surface area contributed by atoms with Gasteiger partial charge in [-0.2, -0.15) is 4.98 Å². The summed E-state index contributed by atoms with van der Waals surface area (Å²) < 4.78 is 2.03. The van der Waals surface area contributed by atoms with Crippen molar-refractivity contribution in [1.29, 1.82) is 0 Å². The van der Waals surface area contributed by atoms with Gasteiger partial charge in [-0.1, -0.05) is 76.3 Å². The summed E-state index contributed by atoms with van der Waals surface area (Å²) in [6.45, 7) is 3.16. The Morgan fingerprint density at radius 1 is 0.870 bits per heavy atom. The van der Waals surface area contributed by atoms with E-state index >= 15 is 0 Å². The van der Waals surface area contributed by atoms with Gasteiger partial charge in [0.25, 0.3) is 0 Å². The maximum absolute atomic E-state index is 6.15. The fourth-order valence-electron chi connectivity index (χ4n) is 2.85. The van der Waals surface area contributed by atoms with Crippen LogP contribution in [0, 0.1) is 0 Å². The van der Waals surface area contributed by atoms with Crippen LogP contribution in [0.5, 0.6) is 0 Å². The Balaban J connectivity index is 1.64. The second-order valence-electron chi connectivity index (χ2n) is 6.08. The number of hydrogen-bond donors (Lipinski definition) is 0. The maximum atomic E-state index is 6.15. The summed E-state index contributed by atoms with van der Waals surface area (Å²) in [4.78, 5) is 12.3. The summed E-state index contributed by atoms with van der Waals surface area (Å²) in [6, 6.07) is 0. The summed E-state index contributed by atoms with van der Waals surface area (Å²) in [7, 11) is 0. The lowest BCUT2D eigenvalue weighted by Crippen LogP contribution is -1.98. The van der Waals surface area contributed by atoms with Crippen molar-refractivity contribution in [2.45, 2.75) is 77.7 Å². The smallest absolute Gasteiger partial charge is 0.225 e. The van der Waals surface area contributed by atoms with Gasteiger partial charge in [0, 0.05) is 6.54 Å². The first-order chi connectivity index (χ1) is 11.2. The van der Waals surface area contributed by atoms with Gasteiger partial charge in [0.1, 0.15) is 5.52 Å². The molecule has 2 heterocycles. The lowest BCUT2D eigenvalue weighted by atomic mass is 10.1. The highest BCUT2D eigenvalue weighted by Gasteiger charge is 2.10. The maximum Gasteiger partial charge on any atom is 0.225 e. The molecular formula is C17H26Cl2N4. The molecule has 0 amide bonds. The zero-order chi connectivity index (χ0) is 16.5. The highest BCUT2D eigenvalue weighted by atomic mass is 35.5. The fourth-order valence-corrected chi connectivity index (χ4v) is 3.33. The van der Waals surface area contributed by atoms with Gasteiger partial charge in [-0.3, -0.25) is 0 Å². The number of rotatable bonds is 11.